The summed E-state index contributed by atoms with van der Waals surface area (Å²) >= 11 is 0. The molecule has 1 N–H and O–H groups in total. The molecule has 124 valence electrons. The van der Waals surface area contributed by atoms with Crippen LogP contribution in [-0.2, 0) is 9.84 Å². The number of fused-ring (bicyclic) bond motifs is 1. The number of benzene rings is 2. The van der Waals surface area contributed by atoms with Crippen LogP contribution in [0.2, 0.25) is 0 Å². The van der Waals surface area contributed by atoms with Crippen LogP contribution in [0.5, 0.6) is 0 Å². The Morgan fingerprint density at radius 2 is 1.62 bits per heavy atom. The number of hydrogen-bond donors (Lipinski definition) is 1. The molecule has 0 saturated heterocycles. The van der Waals surface area contributed by atoms with Gasteiger partial charge < -0.3 is 5.21 Å². The highest BCUT2D eigenvalue weighted by atomic mass is 32.2. The van der Waals surface area contributed by atoms with Crippen molar-refractivity contribution in [2.75, 3.05) is 0 Å². The van der Waals surface area contributed by atoms with Crippen molar-refractivity contribution >= 4 is 20.7 Å². The number of aromatic nitrogens is 1. The summed E-state index contributed by atoms with van der Waals surface area (Å²) in [7, 11) is -4.23. The van der Waals surface area contributed by atoms with Gasteiger partial charge in [-0.3, -0.25) is 4.79 Å². The third-order valence-electron chi connectivity index (χ3n) is 3.61. The number of sulfone groups is 1. The number of aryl methyl sites for hydroxylation is 1. The Morgan fingerprint density at radius 1 is 1.04 bits per heavy atom. The van der Waals surface area contributed by atoms with Crippen LogP contribution in [0.3, 0.4) is 0 Å². The molecule has 8 heteroatoms. The second-order valence-corrected chi connectivity index (χ2v) is 7.19. The molecule has 0 aliphatic rings. The molecule has 0 aliphatic heterocycles. The standard InChI is InChI=1S/C16H11F2NO4S/c1-9-2-4-10(5-3-9)24(22,23)15-8-19(21)14-7-13(18)12(17)6-11(14)16(15)20/h2-8,21H,1H3. The molecular weight excluding hydrogens is 340 g/mol. The lowest BCUT2D eigenvalue weighted by molar-refractivity contribution is 0.195. The Labute approximate surface area is 135 Å². The summed E-state index contributed by atoms with van der Waals surface area (Å²) in [6.45, 7) is 1.77. The maximum absolute atomic E-state index is 13.4. The molecule has 0 atom stereocenters. The molecule has 0 spiro atoms. The average Bonchev–Trinajstić information content (AvgIpc) is 2.53. The smallest absolute Gasteiger partial charge is 0.212 e. The molecule has 0 saturated carbocycles. The van der Waals surface area contributed by atoms with Gasteiger partial charge in [0.05, 0.1) is 22.0 Å². The first-order valence-electron chi connectivity index (χ1n) is 6.77. The predicted molar refractivity (Wildman–Crippen MR) is 81.9 cm³/mol. The first-order valence-corrected chi connectivity index (χ1v) is 8.25. The first kappa shape index (κ1) is 16.1. The van der Waals surface area contributed by atoms with Gasteiger partial charge in [-0.2, -0.15) is 4.73 Å². The molecule has 24 heavy (non-hydrogen) atoms. The van der Waals surface area contributed by atoms with E-state index in [-0.39, 0.29) is 10.4 Å². The number of nitrogens with zero attached hydrogens (tertiary/aromatic N) is 1. The van der Waals surface area contributed by atoms with Gasteiger partial charge in [0.1, 0.15) is 4.90 Å². The maximum atomic E-state index is 13.4. The van der Waals surface area contributed by atoms with Gasteiger partial charge in [-0.15, -0.1) is 0 Å². The highest BCUT2D eigenvalue weighted by Crippen LogP contribution is 2.22. The van der Waals surface area contributed by atoms with E-state index in [4.69, 9.17) is 0 Å². The largest absolute Gasteiger partial charge is 0.428 e. The SMILES string of the molecule is Cc1ccc(S(=O)(=O)c2cn(O)c3cc(F)c(F)cc3c2=O)cc1. The summed E-state index contributed by atoms with van der Waals surface area (Å²) in [6, 6.07) is 6.94. The predicted octanol–water partition coefficient (Wildman–Crippen LogP) is 2.66. The lowest BCUT2D eigenvalue weighted by Crippen LogP contribution is -2.19. The Kier molecular flexibility index (Phi) is 3.64. The molecule has 3 aromatic rings. The van der Waals surface area contributed by atoms with E-state index >= 15 is 0 Å². The van der Waals surface area contributed by atoms with Crippen molar-refractivity contribution in [3.63, 3.8) is 0 Å². The second kappa shape index (κ2) is 5.41. The summed E-state index contributed by atoms with van der Waals surface area (Å²) in [4.78, 5) is 11.6. The lowest BCUT2D eigenvalue weighted by Gasteiger charge is -2.09. The van der Waals surface area contributed by atoms with Crippen LogP contribution < -0.4 is 5.43 Å². The third-order valence-corrected chi connectivity index (χ3v) is 5.38. The number of pyridine rings is 1. The van der Waals surface area contributed by atoms with Gasteiger partial charge >= 0.3 is 0 Å². The second-order valence-electron chi connectivity index (χ2n) is 5.27. The van der Waals surface area contributed by atoms with Gasteiger partial charge in [-0.05, 0) is 25.1 Å². The van der Waals surface area contributed by atoms with E-state index in [0.717, 1.165) is 5.56 Å². The van der Waals surface area contributed by atoms with E-state index in [2.05, 4.69) is 0 Å². The maximum Gasteiger partial charge on any atom is 0.212 e. The van der Waals surface area contributed by atoms with Crippen LogP contribution >= 0.6 is 0 Å². The fourth-order valence-corrected chi connectivity index (χ4v) is 3.66. The van der Waals surface area contributed by atoms with Crippen molar-refractivity contribution in [1.29, 1.82) is 0 Å². The molecule has 0 radical (unpaired) electrons. The molecule has 1 heterocycles. The summed E-state index contributed by atoms with van der Waals surface area (Å²) in [5, 5.41) is 9.43. The van der Waals surface area contributed by atoms with Crippen LogP contribution in [0.15, 0.2) is 57.2 Å². The van der Waals surface area contributed by atoms with Gasteiger partial charge in [0, 0.05) is 6.07 Å². The van der Waals surface area contributed by atoms with Crippen molar-refractivity contribution in [2.24, 2.45) is 0 Å². The van der Waals surface area contributed by atoms with Crippen LogP contribution in [-0.4, -0.2) is 18.4 Å². The zero-order chi connectivity index (χ0) is 17.6. The van der Waals surface area contributed by atoms with Crippen molar-refractivity contribution in [3.8, 4) is 0 Å². The van der Waals surface area contributed by atoms with Crippen molar-refractivity contribution in [1.82, 2.24) is 4.73 Å². The van der Waals surface area contributed by atoms with Crippen LogP contribution in [0.25, 0.3) is 10.9 Å². The molecule has 2 aromatic carbocycles. The molecule has 5 nitrogen and oxygen atoms in total. The van der Waals surface area contributed by atoms with Gasteiger partial charge in [-0.25, -0.2) is 17.2 Å². The van der Waals surface area contributed by atoms with E-state index in [9.17, 15) is 27.2 Å². The Bertz CT molecular complexity index is 1120. The summed E-state index contributed by atoms with van der Waals surface area (Å²) < 4.78 is 52.2. The van der Waals surface area contributed by atoms with Crippen LogP contribution in [0, 0.1) is 18.6 Å². The molecular formula is C16H11F2NO4S. The highest BCUT2D eigenvalue weighted by Gasteiger charge is 2.24. The van der Waals surface area contributed by atoms with E-state index < -0.39 is 37.2 Å². The number of halogens is 2. The van der Waals surface area contributed by atoms with Gasteiger partial charge in [0.15, 0.2) is 11.6 Å². The van der Waals surface area contributed by atoms with Crippen molar-refractivity contribution in [2.45, 2.75) is 16.7 Å². The van der Waals surface area contributed by atoms with Crippen LogP contribution in [0.4, 0.5) is 8.78 Å². The van der Waals surface area contributed by atoms with Gasteiger partial charge in [-0.1, -0.05) is 17.7 Å². The fourth-order valence-electron chi connectivity index (χ4n) is 2.32. The van der Waals surface area contributed by atoms with Gasteiger partial charge in [0.25, 0.3) is 0 Å². The molecule has 0 bridgehead atoms. The van der Waals surface area contributed by atoms with E-state index in [1.165, 1.54) is 12.1 Å². The zero-order valence-corrected chi connectivity index (χ0v) is 13.1. The number of hydrogen-bond acceptors (Lipinski definition) is 4. The minimum Gasteiger partial charge on any atom is -0.428 e. The normalized spacial score (nSPS) is 11.8. The molecule has 0 aliphatic carbocycles. The first-order chi connectivity index (χ1) is 11.2. The Balaban J connectivity index is 2.35. The Morgan fingerprint density at radius 3 is 2.25 bits per heavy atom. The van der Waals surface area contributed by atoms with Crippen LogP contribution in [0.1, 0.15) is 5.56 Å². The molecule has 0 unspecified atom stereocenters. The van der Waals surface area contributed by atoms with E-state index in [1.807, 2.05) is 0 Å². The fraction of sp³-hybridized carbons (Fsp3) is 0.0625. The van der Waals surface area contributed by atoms with Crippen molar-refractivity contribution in [3.05, 3.63) is 70.0 Å². The minimum absolute atomic E-state index is 0.146. The molecule has 3 rings (SSSR count). The summed E-state index contributed by atoms with van der Waals surface area (Å²) in [5.74, 6) is -2.58. The summed E-state index contributed by atoms with van der Waals surface area (Å²) in [5.41, 5.74) is -0.527. The van der Waals surface area contributed by atoms with Gasteiger partial charge in [0.2, 0.25) is 15.3 Å². The number of rotatable bonds is 2. The van der Waals surface area contributed by atoms with E-state index in [1.54, 1.807) is 19.1 Å². The molecule has 0 fully saturated rings. The van der Waals surface area contributed by atoms with Crippen molar-refractivity contribution < 1.29 is 22.4 Å². The topological polar surface area (TPSA) is 76.4 Å². The quantitative estimate of drug-likeness (QED) is 0.720. The Hall–Kier alpha value is -2.74. The molecule has 1 aromatic heterocycles. The zero-order valence-electron chi connectivity index (χ0n) is 12.3. The monoisotopic (exact) mass is 351 g/mol. The lowest BCUT2D eigenvalue weighted by atomic mass is 10.2. The minimum atomic E-state index is -4.23. The highest BCUT2D eigenvalue weighted by molar-refractivity contribution is 7.91. The van der Waals surface area contributed by atoms with E-state index in [0.29, 0.717) is 23.1 Å². The average molecular weight is 351 g/mol. The molecule has 0 amide bonds. The summed E-state index contributed by atoms with van der Waals surface area (Å²) in [6.07, 6.45) is 0.678. The third kappa shape index (κ3) is 2.44.